The topological polar surface area (TPSA) is 66.2 Å². The van der Waals surface area contributed by atoms with E-state index in [9.17, 15) is 0 Å². The molecule has 1 atom stereocenters. The average Bonchev–Trinajstić information content (AvgIpc) is 2.91. The van der Waals surface area contributed by atoms with Crippen molar-refractivity contribution in [3.05, 3.63) is 24.5 Å². The Bertz CT molecular complexity index is 697. The fourth-order valence-corrected chi connectivity index (χ4v) is 2.25. The van der Waals surface area contributed by atoms with Gasteiger partial charge in [-0.2, -0.15) is 0 Å². The van der Waals surface area contributed by atoms with Crippen molar-refractivity contribution in [3.63, 3.8) is 0 Å². The number of furan rings is 1. The molecule has 3 rings (SSSR count). The van der Waals surface area contributed by atoms with Gasteiger partial charge >= 0.3 is 0 Å². The van der Waals surface area contributed by atoms with E-state index in [-0.39, 0.29) is 6.04 Å². The molecule has 0 radical (unpaired) electrons. The molecular formula is C13H15N3O2. The van der Waals surface area contributed by atoms with E-state index in [0.29, 0.717) is 12.4 Å². The first-order valence-electron chi connectivity index (χ1n) is 5.87. The van der Waals surface area contributed by atoms with Gasteiger partial charge in [0.1, 0.15) is 5.58 Å². The summed E-state index contributed by atoms with van der Waals surface area (Å²) < 4.78 is 12.6. The van der Waals surface area contributed by atoms with Crippen molar-refractivity contribution < 1.29 is 9.15 Å². The number of methoxy groups -OCH3 is 1. The molecule has 2 aromatic heterocycles. The summed E-state index contributed by atoms with van der Waals surface area (Å²) in [5, 5.41) is 6.46. The predicted molar refractivity (Wildman–Crippen MR) is 69.7 cm³/mol. The van der Waals surface area contributed by atoms with E-state index in [0.717, 1.165) is 21.9 Å². The Balaban J connectivity index is 2.36. The molecule has 0 unspecified atom stereocenters. The Labute approximate surface area is 104 Å². The monoisotopic (exact) mass is 245 g/mol. The number of rotatable bonds is 3. The van der Waals surface area contributed by atoms with Gasteiger partial charge in [0, 0.05) is 11.4 Å². The summed E-state index contributed by atoms with van der Waals surface area (Å²) in [6, 6.07) is 5.86. The summed E-state index contributed by atoms with van der Waals surface area (Å²) in [6.07, 6.45) is 1.68. The lowest BCUT2D eigenvalue weighted by Gasteiger charge is -2.06. The van der Waals surface area contributed by atoms with E-state index >= 15 is 0 Å². The van der Waals surface area contributed by atoms with Gasteiger partial charge < -0.3 is 14.9 Å². The zero-order valence-electron chi connectivity index (χ0n) is 10.4. The summed E-state index contributed by atoms with van der Waals surface area (Å²) >= 11 is 0. The molecule has 0 amide bonds. The predicted octanol–water partition coefficient (Wildman–Crippen LogP) is 2.14. The maximum absolute atomic E-state index is 5.86. The van der Waals surface area contributed by atoms with E-state index in [1.807, 2.05) is 29.8 Å². The molecule has 0 saturated carbocycles. The zero-order chi connectivity index (χ0) is 12.7. The molecule has 0 aliphatic carbocycles. The second-order valence-electron chi connectivity index (χ2n) is 4.46. The number of aromatic nitrogens is 2. The molecule has 5 nitrogen and oxygen atoms in total. The minimum Gasteiger partial charge on any atom is -0.479 e. The van der Waals surface area contributed by atoms with Gasteiger partial charge in [-0.15, -0.1) is 5.10 Å². The maximum atomic E-state index is 5.86. The molecule has 1 aromatic carbocycles. The van der Waals surface area contributed by atoms with Gasteiger partial charge in [-0.05, 0) is 25.1 Å². The Morgan fingerprint density at radius 1 is 1.39 bits per heavy atom. The van der Waals surface area contributed by atoms with Crippen LogP contribution in [0.3, 0.4) is 0 Å². The number of fused-ring (bicyclic) bond motifs is 3. The Morgan fingerprint density at radius 2 is 2.22 bits per heavy atom. The highest BCUT2D eigenvalue weighted by atomic mass is 16.5. The number of hydrogen-bond acceptors (Lipinski definition) is 4. The van der Waals surface area contributed by atoms with Gasteiger partial charge in [0.2, 0.25) is 5.88 Å². The molecule has 18 heavy (non-hydrogen) atoms. The number of benzene rings is 1. The molecule has 0 aliphatic heterocycles. The van der Waals surface area contributed by atoms with Crippen LogP contribution in [0.2, 0.25) is 0 Å². The van der Waals surface area contributed by atoms with Crippen molar-refractivity contribution in [1.82, 2.24) is 9.78 Å². The van der Waals surface area contributed by atoms with E-state index in [4.69, 9.17) is 14.9 Å². The Hall–Kier alpha value is -2.01. The lowest BCUT2D eigenvalue weighted by atomic mass is 10.2. The van der Waals surface area contributed by atoms with E-state index in [1.165, 1.54) is 0 Å². The second-order valence-corrected chi connectivity index (χ2v) is 4.46. The molecule has 2 heterocycles. The van der Waals surface area contributed by atoms with Crippen LogP contribution in [0.15, 0.2) is 28.9 Å². The highest BCUT2D eigenvalue weighted by Gasteiger charge is 2.15. The first kappa shape index (κ1) is 11.1. The first-order valence-corrected chi connectivity index (χ1v) is 5.87. The van der Waals surface area contributed by atoms with E-state index in [2.05, 4.69) is 5.10 Å². The van der Waals surface area contributed by atoms with Crippen molar-refractivity contribution in [2.75, 3.05) is 7.11 Å². The summed E-state index contributed by atoms with van der Waals surface area (Å²) in [5.74, 6) is 0.619. The van der Waals surface area contributed by atoms with Crippen molar-refractivity contribution >= 4 is 21.9 Å². The Morgan fingerprint density at radius 3 is 2.94 bits per heavy atom. The largest absolute Gasteiger partial charge is 0.479 e. The van der Waals surface area contributed by atoms with Gasteiger partial charge in [0.15, 0.2) is 0 Å². The van der Waals surface area contributed by atoms with Crippen molar-refractivity contribution in [2.45, 2.75) is 19.5 Å². The highest BCUT2D eigenvalue weighted by Crippen LogP contribution is 2.31. The quantitative estimate of drug-likeness (QED) is 0.767. The smallest absolute Gasteiger partial charge is 0.240 e. The van der Waals surface area contributed by atoms with Crippen LogP contribution in [-0.4, -0.2) is 22.9 Å². The van der Waals surface area contributed by atoms with Gasteiger partial charge in [0.25, 0.3) is 0 Å². The molecule has 2 N–H and O–H groups in total. The second kappa shape index (κ2) is 4.03. The standard InChI is InChI=1S/C13H15N3O2/c1-8(14)7-16-12-9-5-6-18-11(9)4-3-10(12)13(15-16)17-2/h3-6,8H,7,14H2,1-2H3/t8-/m0/s1. The molecule has 0 spiro atoms. The fourth-order valence-electron chi connectivity index (χ4n) is 2.25. The van der Waals surface area contributed by atoms with E-state index in [1.54, 1.807) is 13.4 Å². The fraction of sp³-hybridized carbons (Fsp3) is 0.308. The third-order valence-electron chi connectivity index (χ3n) is 2.96. The molecule has 0 fully saturated rings. The van der Waals surface area contributed by atoms with Gasteiger partial charge in [-0.25, -0.2) is 0 Å². The van der Waals surface area contributed by atoms with Crippen LogP contribution < -0.4 is 10.5 Å². The number of nitrogens with zero attached hydrogens (tertiary/aromatic N) is 2. The molecular weight excluding hydrogens is 230 g/mol. The van der Waals surface area contributed by atoms with Crippen LogP contribution in [0, 0.1) is 0 Å². The number of nitrogens with two attached hydrogens (primary N) is 1. The molecule has 0 aliphatic rings. The summed E-state index contributed by atoms with van der Waals surface area (Å²) in [6.45, 7) is 2.60. The lowest BCUT2D eigenvalue weighted by Crippen LogP contribution is -2.22. The van der Waals surface area contributed by atoms with Crippen molar-refractivity contribution in [3.8, 4) is 5.88 Å². The van der Waals surface area contributed by atoms with E-state index < -0.39 is 0 Å². The third-order valence-corrected chi connectivity index (χ3v) is 2.96. The van der Waals surface area contributed by atoms with Gasteiger partial charge in [0.05, 0.1) is 30.8 Å². The molecule has 5 heteroatoms. The lowest BCUT2D eigenvalue weighted by molar-refractivity contribution is 0.390. The molecule has 94 valence electrons. The minimum absolute atomic E-state index is 0.0277. The summed E-state index contributed by atoms with van der Waals surface area (Å²) in [7, 11) is 1.62. The third kappa shape index (κ3) is 1.55. The normalized spacial score (nSPS) is 13.3. The minimum atomic E-state index is 0.0277. The molecule has 0 saturated heterocycles. The molecule has 3 aromatic rings. The van der Waals surface area contributed by atoms with Crippen LogP contribution in [0.25, 0.3) is 21.9 Å². The van der Waals surface area contributed by atoms with Crippen LogP contribution in [0.1, 0.15) is 6.92 Å². The average molecular weight is 245 g/mol. The number of hydrogen-bond donors (Lipinski definition) is 1. The summed E-state index contributed by atoms with van der Waals surface area (Å²) in [4.78, 5) is 0. The number of ether oxygens (including phenoxy) is 1. The Kier molecular flexibility index (Phi) is 2.48. The highest BCUT2D eigenvalue weighted by molar-refractivity contribution is 6.05. The van der Waals surface area contributed by atoms with Crippen LogP contribution in [0.5, 0.6) is 5.88 Å². The maximum Gasteiger partial charge on any atom is 0.240 e. The van der Waals surface area contributed by atoms with Crippen LogP contribution >= 0.6 is 0 Å². The van der Waals surface area contributed by atoms with Gasteiger partial charge in [-0.3, -0.25) is 4.68 Å². The van der Waals surface area contributed by atoms with Crippen molar-refractivity contribution in [1.29, 1.82) is 0 Å². The van der Waals surface area contributed by atoms with Gasteiger partial charge in [-0.1, -0.05) is 0 Å². The summed E-state index contributed by atoms with van der Waals surface area (Å²) in [5.41, 5.74) is 7.71. The van der Waals surface area contributed by atoms with Crippen LogP contribution in [0.4, 0.5) is 0 Å². The molecule has 0 bridgehead atoms. The van der Waals surface area contributed by atoms with Crippen LogP contribution in [-0.2, 0) is 6.54 Å². The SMILES string of the molecule is COc1nn(C[C@H](C)N)c2c1ccc1occc12. The zero-order valence-corrected chi connectivity index (χ0v) is 10.4. The van der Waals surface area contributed by atoms with Crippen molar-refractivity contribution in [2.24, 2.45) is 5.73 Å². The first-order chi connectivity index (χ1) is 8.70.